The maximum absolute atomic E-state index is 11.7. The molecule has 0 radical (unpaired) electrons. The van der Waals surface area contributed by atoms with E-state index in [0.717, 1.165) is 0 Å². The molecule has 116 valence electrons. The first-order valence-electron chi connectivity index (χ1n) is 6.43. The second-order valence-electron chi connectivity index (χ2n) is 4.32. The van der Waals surface area contributed by atoms with Gasteiger partial charge < -0.3 is 24.3 Å². The van der Waals surface area contributed by atoms with Gasteiger partial charge in [-0.05, 0) is 30.3 Å². The minimum absolute atomic E-state index is 0.0754. The predicted octanol–water partition coefficient (Wildman–Crippen LogP) is 1.68. The number of ether oxygens (including phenoxy) is 2. The van der Waals surface area contributed by atoms with Crippen LogP contribution >= 0.6 is 0 Å². The van der Waals surface area contributed by atoms with Crippen molar-refractivity contribution < 1.29 is 28.6 Å². The number of carbonyl (C=O) groups is 2. The number of hydrogen-bond acceptors (Lipinski definition) is 5. The van der Waals surface area contributed by atoms with E-state index in [0.29, 0.717) is 11.5 Å². The van der Waals surface area contributed by atoms with Crippen LogP contribution in [0.15, 0.2) is 41.0 Å². The number of hydrogen-bond donors (Lipinski definition) is 2. The summed E-state index contributed by atoms with van der Waals surface area (Å²) in [6, 6.07) is 7.63. The minimum atomic E-state index is -1.07. The van der Waals surface area contributed by atoms with Gasteiger partial charge in [-0.2, -0.15) is 0 Å². The van der Waals surface area contributed by atoms with Crippen LogP contribution in [0, 0.1) is 0 Å². The minimum Gasteiger partial charge on any atom is -0.493 e. The molecule has 0 fully saturated rings. The van der Waals surface area contributed by atoms with Crippen molar-refractivity contribution in [1.82, 2.24) is 5.32 Å². The molecule has 0 bridgehead atoms. The van der Waals surface area contributed by atoms with Gasteiger partial charge in [0.2, 0.25) is 0 Å². The van der Waals surface area contributed by atoms with E-state index < -0.39 is 5.97 Å². The lowest BCUT2D eigenvalue weighted by Crippen LogP contribution is -2.28. The Kier molecular flexibility index (Phi) is 5.02. The standard InChI is InChI=1S/C15H15NO6/c1-20-13-7-10(15(18)19)4-5-12(13)22-9-14(17)16-8-11-3-2-6-21-11/h2-7H,8-9H2,1H3,(H,16,17)(H,18,19). The van der Waals surface area contributed by atoms with Crippen molar-refractivity contribution in [1.29, 1.82) is 0 Å². The maximum atomic E-state index is 11.7. The number of methoxy groups -OCH3 is 1. The first-order chi connectivity index (χ1) is 10.6. The molecule has 0 atom stereocenters. The van der Waals surface area contributed by atoms with Crippen molar-refractivity contribution in [3.05, 3.63) is 47.9 Å². The Hall–Kier alpha value is -2.96. The molecular formula is C15H15NO6. The smallest absolute Gasteiger partial charge is 0.335 e. The first-order valence-corrected chi connectivity index (χ1v) is 6.43. The van der Waals surface area contributed by atoms with Gasteiger partial charge in [0, 0.05) is 0 Å². The molecule has 1 amide bonds. The average molecular weight is 305 g/mol. The van der Waals surface area contributed by atoms with Crippen LogP contribution in [0.4, 0.5) is 0 Å². The van der Waals surface area contributed by atoms with Crippen LogP contribution in [0.1, 0.15) is 16.1 Å². The molecule has 0 unspecified atom stereocenters. The number of rotatable bonds is 7. The summed E-state index contributed by atoms with van der Waals surface area (Å²) in [6.07, 6.45) is 1.52. The highest BCUT2D eigenvalue weighted by molar-refractivity contribution is 5.88. The molecule has 0 saturated carbocycles. The number of benzene rings is 1. The van der Waals surface area contributed by atoms with Gasteiger partial charge in [0.05, 0.1) is 25.5 Å². The summed E-state index contributed by atoms with van der Waals surface area (Å²) in [6.45, 7) is 0.0494. The SMILES string of the molecule is COc1cc(C(=O)O)ccc1OCC(=O)NCc1ccco1. The summed E-state index contributed by atoms with van der Waals surface area (Å²) >= 11 is 0. The summed E-state index contributed by atoms with van der Waals surface area (Å²) < 4.78 is 15.5. The van der Waals surface area contributed by atoms with Gasteiger partial charge in [-0.25, -0.2) is 4.79 Å². The lowest BCUT2D eigenvalue weighted by atomic mass is 10.2. The number of amides is 1. The molecule has 7 heteroatoms. The normalized spacial score (nSPS) is 10.0. The van der Waals surface area contributed by atoms with Crippen molar-refractivity contribution in [3.63, 3.8) is 0 Å². The van der Waals surface area contributed by atoms with E-state index in [1.807, 2.05) is 0 Å². The summed E-state index contributed by atoms with van der Waals surface area (Å²) in [5.41, 5.74) is 0.0754. The maximum Gasteiger partial charge on any atom is 0.335 e. The third-order valence-corrected chi connectivity index (χ3v) is 2.81. The van der Waals surface area contributed by atoms with E-state index in [1.54, 1.807) is 12.1 Å². The zero-order valence-electron chi connectivity index (χ0n) is 11.9. The van der Waals surface area contributed by atoms with Crippen molar-refractivity contribution in [2.75, 3.05) is 13.7 Å². The molecular weight excluding hydrogens is 290 g/mol. The Bertz CT molecular complexity index is 650. The van der Waals surface area contributed by atoms with Crippen molar-refractivity contribution in [3.8, 4) is 11.5 Å². The third-order valence-electron chi connectivity index (χ3n) is 2.81. The van der Waals surface area contributed by atoms with Gasteiger partial charge in [0.15, 0.2) is 18.1 Å². The van der Waals surface area contributed by atoms with Gasteiger partial charge in [0.25, 0.3) is 5.91 Å². The number of nitrogens with one attached hydrogen (secondary N) is 1. The average Bonchev–Trinajstić information content (AvgIpc) is 3.04. The van der Waals surface area contributed by atoms with Gasteiger partial charge in [-0.3, -0.25) is 4.79 Å². The van der Waals surface area contributed by atoms with Crippen LogP contribution < -0.4 is 14.8 Å². The number of aromatic carboxylic acids is 1. The number of furan rings is 1. The molecule has 2 N–H and O–H groups in total. The molecule has 1 heterocycles. The molecule has 1 aromatic heterocycles. The highest BCUT2D eigenvalue weighted by Crippen LogP contribution is 2.27. The zero-order chi connectivity index (χ0) is 15.9. The molecule has 0 spiro atoms. The van der Waals surface area contributed by atoms with Crippen LogP contribution in [-0.4, -0.2) is 30.7 Å². The Labute approximate surface area is 126 Å². The summed E-state index contributed by atoms with van der Waals surface area (Å²) in [5.74, 6) is -0.224. The molecule has 0 aliphatic carbocycles. The van der Waals surface area contributed by atoms with Crippen molar-refractivity contribution in [2.45, 2.75) is 6.54 Å². The third kappa shape index (κ3) is 4.02. The first kappa shape index (κ1) is 15.4. The fourth-order valence-electron chi connectivity index (χ4n) is 1.71. The molecule has 0 aliphatic heterocycles. The van der Waals surface area contributed by atoms with Crippen LogP contribution in [-0.2, 0) is 11.3 Å². The molecule has 0 aliphatic rings. The molecule has 0 saturated heterocycles. The van der Waals surface area contributed by atoms with E-state index in [-0.39, 0.29) is 30.4 Å². The van der Waals surface area contributed by atoms with Gasteiger partial charge in [0.1, 0.15) is 5.76 Å². The lowest BCUT2D eigenvalue weighted by molar-refractivity contribution is -0.123. The van der Waals surface area contributed by atoms with E-state index in [9.17, 15) is 9.59 Å². The number of carboxylic acids is 1. The zero-order valence-corrected chi connectivity index (χ0v) is 11.9. The van der Waals surface area contributed by atoms with E-state index >= 15 is 0 Å². The number of carboxylic acid groups (broad SMARTS) is 1. The Balaban J connectivity index is 1.90. The molecule has 7 nitrogen and oxygen atoms in total. The molecule has 2 aromatic rings. The second-order valence-corrected chi connectivity index (χ2v) is 4.32. The largest absolute Gasteiger partial charge is 0.493 e. The van der Waals surface area contributed by atoms with Crippen molar-refractivity contribution >= 4 is 11.9 Å². The fourth-order valence-corrected chi connectivity index (χ4v) is 1.71. The fraction of sp³-hybridized carbons (Fsp3) is 0.200. The Morgan fingerprint density at radius 3 is 2.73 bits per heavy atom. The van der Waals surface area contributed by atoms with Gasteiger partial charge in [-0.15, -0.1) is 0 Å². The predicted molar refractivity (Wildman–Crippen MR) is 76.0 cm³/mol. The lowest BCUT2D eigenvalue weighted by Gasteiger charge is -2.11. The summed E-state index contributed by atoms with van der Waals surface area (Å²) in [7, 11) is 1.39. The Morgan fingerprint density at radius 1 is 1.27 bits per heavy atom. The van der Waals surface area contributed by atoms with E-state index in [1.165, 1.54) is 31.6 Å². The van der Waals surface area contributed by atoms with Crippen molar-refractivity contribution in [2.24, 2.45) is 0 Å². The van der Waals surface area contributed by atoms with Crippen LogP contribution in [0.5, 0.6) is 11.5 Å². The van der Waals surface area contributed by atoms with Gasteiger partial charge in [-0.1, -0.05) is 0 Å². The second kappa shape index (κ2) is 7.16. The van der Waals surface area contributed by atoms with E-state index in [2.05, 4.69) is 5.32 Å². The Morgan fingerprint density at radius 2 is 2.09 bits per heavy atom. The number of carbonyl (C=O) groups excluding carboxylic acids is 1. The topological polar surface area (TPSA) is 98.0 Å². The molecule has 1 aromatic carbocycles. The highest BCUT2D eigenvalue weighted by Gasteiger charge is 2.11. The van der Waals surface area contributed by atoms with Crippen LogP contribution in [0.25, 0.3) is 0 Å². The van der Waals surface area contributed by atoms with E-state index in [4.69, 9.17) is 19.0 Å². The summed E-state index contributed by atoms with van der Waals surface area (Å²) in [4.78, 5) is 22.5. The quantitative estimate of drug-likeness (QED) is 0.807. The van der Waals surface area contributed by atoms with Gasteiger partial charge >= 0.3 is 5.97 Å². The monoisotopic (exact) mass is 305 g/mol. The van der Waals surface area contributed by atoms with Crippen LogP contribution in [0.2, 0.25) is 0 Å². The van der Waals surface area contributed by atoms with Crippen LogP contribution in [0.3, 0.4) is 0 Å². The molecule has 2 rings (SSSR count). The highest BCUT2D eigenvalue weighted by atomic mass is 16.5. The summed E-state index contributed by atoms with van der Waals surface area (Å²) in [5, 5.41) is 11.5. The molecule has 22 heavy (non-hydrogen) atoms.